The molecule has 0 amide bonds. The maximum absolute atomic E-state index is 3.45. The third-order valence-corrected chi connectivity index (χ3v) is 4.14. The van der Waals surface area contributed by atoms with Gasteiger partial charge in [0, 0.05) is 16.1 Å². The van der Waals surface area contributed by atoms with Crippen molar-refractivity contribution in [2.75, 3.05) is 6.54 Å². The van der Waals surface area contributed by atoms with E-state index in [0.717, 1.165) is 13.1 Å². The van der Waals surface area contributed by atoms with Gasteiger partial charge in [0.05, 0.1) is 0 Å². The zero-order valence-electron chi connectivity index (χ0n) is 10.9. The van der Waals surface area contributed by atoms with Gasteiger partial charge in [0.2, 0.25) is 0 Å². The summed E-state index contributed by atoms with van der Waals surface area (Å²) in [6.45, 7) is 8.80. The monoisotopic (exact) mass is 247 g/mol. The Morgan fingerprint density at radius 3 is 2.71 bits per heavy atom. The van der Waals surface area contributed by atoms with E-state index in [9.17, 15) is 0 Å². The maximum atomic E-state index is 3.45. The lowest BCUT2D eigenvalue weighted by atomic mass is 10.00. The summed E-state index contributed by atoms with van der Waals surface area (Å²) >= 11 is 1.94. The normalized spacial score (nSPS) is 11.5. The fraction of sp³-hybridized carbons (Fsp3) is 0.467. The third kappa shape index (κ3) is 2.88. The molecule has 2 heteroatoms. The molecule has 0 aliphatic carbocycles. The molecule has 1 N–H and O–H groups in total. The second kappa shape index (κ2) is 5.65. The van der Waals surface area contributed by atoms with Gasteiger partial charge >= 0.3 is 0 Å². The van der Waals surface area contributed by atoms with E-state index in [1.54, 1.807) is 5.56 Å². The number of hydrogen-bond donors (Lipinski definition) is 1. The highest BCUT2D eigenvalue weighted by Crippen LogP contribution is 2.32. The van der Waals surface area contributed by atoms with Crippen molar-refractivity contribution < 1.29 is 0 Å². The van der Waals surface area contributed by atoms with E-state index in [1.807, 2.05) is 11.3 Å². The zero-order chi connectivity index (χ0) is 12.3. The van der Waals surface area contributed by atoms with Gasteiger partial charge in [-0.1, -0.05) is 39.0 Å². The molecule has 2 aromatic rings. The van der Waals surface area contributed by atoms with Crippen LogP contribution in [0.3, 0.4) is 0 Å². The molecule has 2 rings (SSSR count). The van der Waals surface area contributed by atoms with E-state index in [4.69, 9.17) is 0 Å². The van der Waals surface area contributed by atoms with E-state index in [1.165, 1.54) is 21.4 Å². The Kier molecular flexibility index (Phi) is 4.19. The summed E-state index contributed by atoms with van der Waals surface area (Å²) in [4.78, 5) is 1.52. The molecule has 0 bridgehead atoms. The minimum Gasteiger partial charge on any atom is -0.312 e. The molecule has 1 aromatic heterocycles. The van der Waals surface area contributed by atoms with Gasteiger partial charge in [0.25, 0.3) is 0 Å². The molecule has 0 aliphatic rings. The first-order valence-electron chi connectivity index (χ1n) is 6.42. The van der Waals surface area contributed by atoms with Gasteiger partial charge in [0.1, 0.15) is 0 Å². The van der Waals surface area contributed by atoms with E-state index in [0.29, 0.717) is 5.92 Å². The van der Waals surface area contributed by atoms with Crippen molar-refractivity contribution in [3.8, 4) is 0 Å². The predicted octanol–water partition coefficient (Wildman–Crippen LogP) is 4.21. The van der Waals surface area contributed by atoms with Gasteiger partial charge in [-0.15, -0.1) is 11.3 Å². The van der Waals surface area contributed by atoms with Gasteiger partial charge in [-0.3, -0.25) is 0 Å². The Morgan fingerprint density at radius 1 is 1.24 bits per heavy atom. The van der Waals surface area contributed by atoms with Crippen molar-refractivity contribution in [3.63, 3.8) is 0 Å². The Morgan fingerprint density at radius 2 is 2.00 bits per heavy atom. The van der Waals surface area contributed by atoms with Gasteiger partial charge < -0.3 is 5.32 Å². The molecule has 0 saturated heterocycles. The smallest absolute Gasteiger partial charge is 0.0349 e. The Labute approximate surface area is 108 Å². The Bertz CT molecular complexity index is 485. The first-order valence-corrected chi connectivity index (χ1v) is 7.24. The van der Waals surface area contributed by atoms with Gasteiger partial charge in [0.15, 0.2) is 0 Å². The molecule has 0 spiro atoms. The van der Waals surface area contributed by atoms with Crippen molar-refractivity contribution in [1.82, 2.24) is 5.32 Å². The van der Waals surface area contributed by atoms with Crippen LogP contribution in [0.15, 0.2) is 24.3 Å². The average molecular weight is 247 g/mol. The van der Waals surface area contributed by atoms with Crippen LogP contribution in [-0.2, 0) is 13.0 Å². The molecule has 0 atom stereocenters. The molecule has 0 aliphatic heterocycles. The van der Waals surface area contributed by atoms with Crippen LogP contribution in [0.2, 0.25) is 0 Å². The molecule has 1 heterocycles. The fourth-order valence-corrected chi connectivity index (χ4v) is 3.37. The Hall–Kier alpha value is -0.860. The van der Waals surface area contributed by atoms with Crippen LogP contribution in [0.1, 0.15) is 31.2 Å². The molecular weight excluding hydrogens is 226 g/mol. The largest absolute Gasteiger partial charge is 0.312 e. The minimum absolute atomic E-state index is 0.716. The lowest BCUT2D eigenvalue weighted by molar-refractivity contribution is 0.641. The van der Waals surface area contributed by atoms with Crippen molar-refractivity contribution >= 4 is 21.4 Å². The molecule has 1 nitrogen and oxygen atoms in total. The minimum atomic E-state index is 0.716. The SMILES string of the molecule is CCNCc1sc2ccccc2c1CC(C)C. The van der Waals surface area contributed by atoms with Crippen LogP contribution in [0.4, 0.5) is 0 Å². The number of thiophene rings is 1. The van der Waals surface area contributed by atoms with E-state index in [2.05, 4.69) is 50.4 Å². The molecule has 17 heavy (non-hydrogen) atoms. The maximum Gasteiger partial charge on any atom is 0.0349 e. The van der Waals surface area contributed by atoms with E-state index >= 15 is 0 Å². The highest BCUT2D eigenvalue weighted by Gasteiger charge is 2.12. The molecule has 0 radical (unpaired) electrons. The standard InChI is InChI=1S/C15H21NS/c1-4-16-10-15-13(9-11(2)3)12-7-5-6-8-14(12)17-15/h5-8,11,16H,4,9-10H2,1-3H3. The fourth-order valence-electron chi connectivity index (χ4n) is 2.16. The lowest BCUT2D eigenvalue weighted by Gasteiger charge is -2.07. The number of benzene rings is 1. The van der Waals surface area contributed by atoms with Crippen molar-refractivity contribution in [2.45, 2.75) is 33.7 Å². The van der Waals surface area contributed by atoms with Crippen LogP contribution in [-0.4, -0.2) is 6.54 Å². The highest BCUT2D eigenvalue weighted by atomic mass is 32.1. The molecular formula is C15H21NS. The van der Waals surface area contributed by atoms with Crippen molar-refractivity contribution in [1.29, 1.82) is 0 Å². The van der Waals surface area contributed by atoms with Gasteiger partial charge in [-0.05, 0) is 35.9 Å². The molecule has 92 valence electrons. The number of fused-ring (bicyclic) bond motifs is 1. The number of nitrogens with one attached hydrogen (secondary N) is 1. The van der Waals surface area contributed by atoms with Crippen LogP contribution < -0.4 is 5.32 Å². The average Bonchev–Trinajstić information content (AvgIpc) is 2.64. The summed E-state index contributed by atoms with van der Waals surface area (Å²) in [6, 6.07) is 8.78. The molecule has 0 fully saturated rings. The van der Waals surface area contributed by atoms with E-state index in [-0.39, 0.29) is 0 Å². The number of rotatable bonds is 5. The predicted molar refractivity (Wildman–Crippen MR) is 77.7 cm³/mol. The Balaban J connectivity index is 2.41. The van der Waals surface area contributed by atoms with Gasteiger partial charge in [-0.2, -0.15) is 0 Å². The molecule has 0 unspecified atom stereocenters. The van der Waals surface area contributed by atoms with Crippen LogP contribution in [0.25, 0.3) is 10.1 Å². The lowest BCUT2D eigenvalue weighted by Crippen LogP contribution is -2.12. The quantitative estimate of drug-likeness (QED) is 0.834. The van der Waals surface area contributed by atoms with E-state index < -0.39 is 0 Å². The molecule has 1 aromatic carbocycles. The zero-order valence-corrected chi connectivity index (χ0v) is 11.7. The molecule has 0 saturated carbocycles. The first kappa shape index (κ1) is 12.6. The topological polar surface area (TPSA) is 12.0 Å². The van der Waals surface area contributed by atoms with Crippen LogP contribution in [0.5, 0.6) is 0 Å². The second-order valence-electron chi connectivity index (χ2n) is 4.88. The summed E-state index contributed by atoms with van der Waals surface area (Å²) < 4.78 is 1.43. The summed E-state index contributed by atoms with van der Waals surface area (Å²) in [5.74, 6) is 0.716. The number of hydrogen-bond acceptors (Lipinski definition) is 2. The first-order chi connectivity index (χ1) is 8.22. The van der Waals surface area contributed by atoms with Crippen molar-refractivity contribution in [3.05, 3.63) is 34.7 Å². The second-order valence-corrected chi connectivity index (χ2v) is 6.02. The van der Waals surface area contributed by atoms with Crippen molar-refractivity contribution in [2.24, 2.45) is 5.92 Å². The third-order valence-electron chi connectivity index (χ3n) is 2.93. The summed E-state index contributed by atoms with van der Waals surface area (Å²) in [6.07, 6.45) is 1.19. The highest BCUT2D eigenvalue weighted by molar-refractivity contribution is 7.19. The van der Waals surface area contributed by atoms with Gasteiger partial charge in [-0.25, -0.2) is 0 Å². The summed E-state index contributed by atoms with van der Waals surface area (Å²) in [5, 5.41) is 4.91. The summed E-state index contributed by atoms with van der Waals surface area (Å²) in [7, 11) is 0. The van der Waals surface area contributed by atoms with Crippen LogP contribution >= 0.6 is 11.3 Å². The summed E-state index contributed by atoms with van der Waals surface area (Å²) in [5.41, 5.74) is 1.56. The van der Waals surface area contributed by atoms with Crippen LogP contribution in [0, 0.1) is 5.92 Å².